The monoisotopic (exact) mass is 518 g/mol. The molecule has 0 radical (unpaired) electrons. The van der Waals surface area contributed by atoms with Crippen molar-refractivity contribution in [3.05, 3.63) is 47.2 Å². The van der Waals surface area contributed by atoms with Gasteiger partial charge in [0.1, 0.15) is 18.0 Å². The lowest BCUT2D eigenvalue weighted by atomic mass is 10.1. The van der Waals surface area contributed by atoms with Crippen LogP contribution in [0.2, 0.25) is 0 Å². The molecule has 0 fully saturated rings. The highest BCUT2D eigenvalue weighted by molar-refractivity contribution is 5.96. The number of allylic oxidation sites excluding steroid dienone is 2. The number of aliphatic carboxylic acids is 1. The Hall–Kier alpha value is -3.66. The Kier molecular flexibility index (Phi) is 12.5. The zero-order chi connectivity index (χ0) is 28.2. The Bertz CT molecular complexity index is 1020. The fourth-order valence-electron chi connectivity index (χ4n) is 3.04. The van der Waals surface area contributed by atoms with Crippen molar-refractivity contribution in [1.82, 2.24) is 5.32 Å². The van der Waals surface area contributed by atoms with E-state index in [9.17, 15) is 19.2 Å². The molecule has 1 aromatic carbocycles. The van der Waals surface area contributed by atoms with Crippen LogP contribution in [0, 0.1) is 0 Å². The van der Waals surface area contributed by atoms with Gasteiger partial charge in [0.15, 0.2) is 5.75 Å². The molecule has 0 spiro atoms. The molecule has 0 saturated carbocycles. The first kappa shape index (κ1) is 31.4. The zero-order valence-corrected chi connectivity index (χ0v) is 22.6. The van der Waals surface area contributed by atoms with E-state index in [1.807, 2.05) is 13.8 Å². The third-order valence-corrected chi connectivity index (χ3v) is 4.56. The van der Waals surface area contributed by atoms with Crippen molar-refractivity contribution in [2.75, 3.05) is 24.7 Å². The predicted octanol–water partition coefficient (Wildman–Crippen LogP) is 3.85. The van der Waals surface area contributed by atoms with Gasteiger partial charge in [0.2, 0.25) is 6.41 Å². The number of ether oxygens (including phenoxy) is 3. The quantitative estimate of drug-likeness (QED) is 0.164. The third kappa shape index (κ3) is 11.7. The number of carbonyl (C=O) groups is 4. The summed E-state index contributed by atoms with van der Waals surface area (Å²) in [6.45, 7) is 12.0. The molecule has 2 N–H and O–H groups in total. The summed E-state index contributed by atoms with van der Waals surface area (Å²) in [6, 6.07) is 4.54. The number of hydrogen-bond acceptors (Lipinski definition) is 7. The summed E-state index contributed by atoms with van der Waals surface area (Å²) in [4.78, 5) is 49.0. The van der Waals surface area contributed by atoms with Gasteiger partial charge in [-0.2, -0.15) is 0 Å². The van der Waals surface area contributed by atoms with Gasteiger partial charge >= 0.3 is 11.9 Å². The first-order valence-corrected chi connectivity index (χ1v) is 12.0. The van der Waals surface area contributed by atoms with Crippen LogP contribution in [-0.4, -0.2) is 60.8 Å². The summed E-state index contributed by atoms with van der Waals surface area (Å²) in [5.41, 5.74) is 0.520. The van der Waals surface area contributed by atoms with Gasteiger partial charge in [0, 0.05) is 18.2 Å². The van der Waals surface area contributed by atoms with Gasteiger partial charge in [0.25, 0.3) is 5.91 Å². The van der Waals surface area contributed by atoms with E-state index in [2.05, 4.69) is 5.32 Å². The van der Waals surface area contributed by atoms with Gasteiger partial charge in [-0.1, -0.05) is 6.08 Å². The van der Waals surface area contributed by atoms with Crippen LogP contribution in [0.25, 0.3) is 0 Å². The SMILES string of the molecule is C/C=C\C(Oc1ccc(C(=O)NC(C)C)cc1N(C=O)CCC(=O)OC(C)(C)C)=C(\C)COCC(=O)O. The average Bonchev–Trinajstić information content (AvgIpc) is 2.77. The number of benzene rings is 1. The molecule has 1 aromatic rings. The fraction of sp³-hybridized carbons (Fsp3) is 0.481. The number of hydrogen-bond donors (Lipinski definition) is 2. The van der Waals surface area contributed by atoms with E-state index in [4.69, 9.17) is 19.3 Å². The summed E-state index contributed by atoms with van der Waals surface area (Å²) in [7, 11) is 0. The normalized spacial score (nSPS) is 12.2. The summed E-state index contributed by atoms with van der Waals surface area (Å²) >= 11 is 0. The Morgan fingerprint density at radius 1 is 1.16 bits per heavy atom. The minimum atomic E-state index is -1.09. The Morgan fingerprint density at radius 3 is 2.38 bits per heavy atom. The molecular weight excluding hydrogens is 480 g/mol. The lowest BCUT2D eigenvalue weighted by Gasteiger charge is -2.24. The molecule has 0 aliphatic heterocycles. The largest absolute Gasteiger partial charge is 0.480 e. The molecule has 0 aliphatic carbocycles. The second kappa shape index (κ2) is 14.8. The van der Waals surface area contributed by atoms with Crippen molar-refractivity contribution in [3.8, 4) is 5.75 Å². The molecule has 10 heteroatoms. The lowest BCUT2D eigenvalue weighted by Crippen LogP contribution is -2.31. The zero-order valence-electron chi connectivity index (χ0n) is 22.6. The van der Waals surface area contributed by atoms with Crippen LogP contribution in [0.1, 0.15) is 65.2 Å². The molecule has 37 heavy (non-hydrogen) atoms. The van der Waals surface area contributed by atoms with Crippen LogP contribution < -0.4 is 15.0 Å². The van der Waals surface area contributed by atoms with Gasteiger partial charge in [-0.25, -0.2) is 4.79 Å². The van der Waals surface area contributed by atoms with Crippen LogP contribution in [0.5, 0.6) is 5.75 Å². The van der Waals surface area contributed by atoms with Crippen molar-refractivity contribution in [1.29, 1.82) is 0 Å². The summed E-state index contributed by atoms with van der Waals surface area (Å²) in [6.07, 6.45) is 3.89. The Labute approximate surface area is 218 Å². The number of carboxylic acids is 1. The average molecular weight is 519 g/mol. The first-order valence-electron chi connectivity index (χ1n) is 12.0. The minimum absolute atomic E-state index is 0.00617. The van der Waals surface area contributed by atoms with E-state index in [0.29, 0.717) is 23.3 Å². The second-order valence-electron chi connectivity index (χ2n) is 9.58. The van der Waals surface area contributed by atoms with E-state index in [0.717, 1.165) is 0 Å². The van der Waals surface area contributed by atoms with Crippen LogP contribution in [-0.2, 0) is 23.9 Å². The lowest BCUT2D eigenvalue weighted by molar-refractivity contribution is -0.154. The van der Waals surface area contributed by atoms with Gasteiger partial charge in [0.05, 0.1) is 18.7 Å². The maximum Gasteiger partial charge on any atom is 0.329 e. The summed E-state index contributed by atoms with van der Waals surface area (Å²) in [5.74, 6) is -1.26. The van der Waals surface area contributed by atoms with E-state index in [-0.39, 0.29) is 43.0 Å². The minimum Gasteiger partial charge on any atom is -0.480 e. The highest BCUT2D eigenvalue weighted by Gasteiger charge is 2.21. The van der Waals surface area contributed by atoms with E-state index >= 15 is 0 Å². The van der Waals surface area contributed by atoms with Crippen LogP contribution in [0.15, 0.2) is 41.7 Å². The Morgan fingerprint density at radius 2 is 1.84 bits per heavy atom. The first-order chi connectivity index (χ1) is 17.3. The van der Waals surface area contributed by atoms with Crippen molar-refractivity contribution >= 4 is 29.9 Å². The van der Waals surface area contributed by atoms with Gasteiger partial charge < -0.3 is 29.5 Å². The van der Waals surface area contributed by atoms with Crippen LogP contribution >= 0.6 is 0 Å². The smallest absolute Gasteiger partial charge is 0.329 e. The van der Waals surface area contributed by atoms with E-state index in [1.54, 1.807) is 58.9 Å². The number of esters is 1. The molecule has 0 aliphatic rings. The molecule has 2 amide bonds. The topological polar surface area (TPSA) is 131 Å². The van der Waals surface area contributed by atoms with Crippen LogP contribution in [0.4, 0.5) is 5.69 Å². The van der Waals surface area contributed by atoms with Gasteiger partial charge in [-0.3, -0.25) is 14.4 Å². The second-order valence-corrected chi connectivity index (χ2v) is 9.58. The Balaban J connectivity index is 3.39. The summed E-state index contributed by atoms with van der Waals surface area (Å²) < 4.78 is 16.6. The maximum absolute atomic E-state index is 12.6. The van der Waals surface area contributed by atoms with Crippen LogP contribution in [0.3, 0.4) is 0 Å². The van der Waals surface area contributed by atoms with Crippen molar-refractivity contribution in [2.45, 2.75) is 66.5 Å². The third-order valence-electron chi connectivity index (χ3n) is 4.56. The highest BCUT2D eigenvalue weighted by Crippen LogP contribution is 2.32. The summed E-state index contributed by atoms with van der Waals surface area (Å²) in [5, 5.41) is 11.6. The molecule has 0 heterocycles. The molecular formula is C27H38N2O8. The van der Waals surface area contributed by atoms with Gasteiger partial charge in [-0.15, -0.1) is 0 Å². The number of rotatable bonds is 14. The van der Waals surface area contributed by atoms with E-state index < -0.39 is 24.1 Å². The predicted molar refractivity (Wildman–Crippen MR) is 140 cm³/mol. The highest BCUT2D eigenvalue weighted by atomic mass is 16.6. The fourth-order valence-corrected chi connectivity index (χ4v) is 3.04. The number of nitrogens with one attached hydrogen (secondary N) is 1. The standard InChI is InChI=1S/C27H38N2O8/c1-8-9-22(19(4)15-35-16-24(31)32)36-23-11-10-20(26(34)28-18(2)3)14-21(23)29(17-30)13-12-25(33)37-27(5,6)7/h8-11,14,17-18H,12-13,15-16H2,1-7H3,(H,28,34)(H,31,32)/b9-8-,22-19+. The molecule has 0 unspecified atom stereocenters. The van der Waals surface area contributed by atoms with Crippen molar-refractivity contribution in [3.63, 3.8) is 0 Å². The van der Waals surface area contributed by atoms with Crippen molar-refractivity contribution in [2.24, 2.45) is 0 Å². The molecule has 10 nitrogen and oxygen atoms in total. The number of nitrogens with zero attached hydrogens (tertiary/aromatic N) is 1. The molecule has 0 bridgehead atoms. The molecule has 1 rings (SSSR count). The number of anilines is 1. The van der Waals surface area contributed by atoms with E-state index in [1.165, 1.54) is 11.0 Å². The molecule has 204 valence electrons. The molecule has 0 aromatic heterocycles. The maximum atomic E-state index is 12.6. The van der Waals surface area contributed by atoms with Crippen molar-refractivity contribution < 1.29 is 38.5 Å². The molecule has 0 saturated heterocycles. The number of carbonyl (C=O) groups excluding carboxylic acids is 3. The number of carboxylic acid groups (broad SMARTS) is 1. The van der Waals surface area contributed by atoms with Gasteiger partial charge in [-0.05, 0) is 78.3 Å². The number of amides is 2. The molecule has 0 atom stereocenters.